The number of hydrogen-bond acceptors (Lipinski definition) is 4. The smallest absolute Gasteiger partial charge is 0.258 e. The minimum Gasteiger partial charge on any atom is -0.322 e. The highest BCUT2D eigenvalue weighted by Crippen LogP contribution is 2.22. The Hall–Kier alpha value is -2.19. The summed E-state index contributed by atoms with van der Waals surface area (Å²) < 4.78 is 25.6. The molecule has 112 valence electrons. The molecule has 0 radical (unpaired) electrons. The van der Waals surface area contributed by atoms with Crippen LogP contribution >= 0.6 is 0 Å². The summed E-state index contributed by atoms with van der Waals surface area (Å²) in [6.45, 7) is 1.71. The third kappa shape index (κ3) is 3.11. The number of aryl methyl sites for hydroxylation is 1. The Balaban J connectivity index is 2.34. The van der Waals surface area contributed by atoms with Gasteiger partial charge in [0.15, 0.2) is 0 Å². The van der Waals surface area contributed by atoms with Gasteiger partial charge >= 0.3 is 0 Å². The molecule has 0 aliphatic carbocycles. The summed E-state index contributed by atoms with van der Waals surface area (Å²) in [5.74, 6) is -0.360. The molecular weight excluding hydrogens is 292 g/mol. The maximum absolute atomic E-state index is 12.2. The van der Waals surface area contributed by atoms with Gasteiger partial charge in [-0.15, -0.1) is 0 Å². The van der Waals surface area contributed by atoms with Gasteiger partial charge in [-0.05, 0) is 24.6 Å². The highest BCUT2D eigenvalue weighted by Gasteiger charge is 2.20. The predicted molar refractivity (Wildman–Crippen MR) is 78.6 cm³/mol. The summed E-state index contributed by atoms with van der Waals surface area (Å²) >= 11 is 0. The van der Waals surface area contributed by atoms with Crippen LogP contribution in [0.15, 0.2) is 35.5 Å². The molecule has 0 fully saturated rings. The number of nitrogens with zero attached hydrogens (tertiary/aromatic N) is 2. The van der Waals surface area contributed by atoms with Crippen LogP contribution in [0.1, 0.15) is 15.9 Å². The minimum atomic E-state index is -3.56. The number of sulfonamides is 1. The van der Waals surface area contributed by atoms with Crippen LogP contribution in [-0.4, -0.2) is 42.9 Å². The molecule has 21 heavy (non-hydrogen) atoms. The highest BCUT2D eigenvalue weighted by atomic mass is 32.2. The van der Waals surface area contributed by atoms with Gasteiger partial charge in [-0.1, -0.05) is 6.07 Å². The normalized spacial score (nSPS) is 11.6. The van der Waals surface area contributed by atoms with Crippen LogP contribution in [0.5, 0.6) is 0 Å². The van der Waals surface area contributed by atoms with Crippen LogP contribution < -0.4 is 5.32 Å². The average molecular weight is 308 g/mol. The lowest BCUT2D eigenvalue weighted by Gasteiger charge is -2.15. The third-order valence-electron chi connectivity index (χ3n) is 2.97. The van der Waals surface area contributed by atoms with Gasteiger partial charge in [-0.2, -0.15) is 5.10 Å². The molecule has 0 aliphatic heterocycles. The summed E-state index contributed by atoms with van der Waals surface area (Å²) in [5.41, 5.74) is 1.39. The molecule has 8 heteroatoms. The van der Waals surface area contributed by atoms with Crippen molar-refractivity contribution < 1.29 is 13.2 Å². The SMILES string of the molecule is Cc1ccc(NC(=O)c2cn[nH]c2)cc1S(=O)(=O)N(C)C. The van der Waals surface area contributed by atoms with Gasteiger partial charge in [0.2, 0.25) is 10.0 Å². The van der Waals surface area contributed by atoms with Gasteiger partial charge in [0.05, 0.1) is 16.7 Å². The van der Waals surface area contributed by atoms with Gasteiger partial charge in [-0.25, -0.2) is 12.7 Å². The summed E-state index contributed by atoms with van der Waals surface area (Å²) in [6, 6.07) is 4.76. The molecule has 0 atom stereocenters. The molecule has 0 unspecified atom stereocenters. The highest BCUT2D eigenvalue weighted by molar-refractivity contribution is 7.89. The van der Waals surface area contributed by atoms with E-state index in [-0.39, 0.29) is 10.8 Å². The first-order valence-electron chi connectivity index (χ1n) is 6.15. The molecule has 1 aromatic heterocycles. The molecule has 1 amide bonds. The molecule has 0 saturated heterocycles. The number of anilines is 1. The van der Waals surface area contributed by atoms with E-state index in [1.807, 2.05) is 0 Å². The Morgan fingerprint density at radius 1 is 1.33 bits per heavy atom. The Labute approximate surface area is 123 Å². The van der Waals surface area contributed by atoms with Crippen molar-refractivity contribution >= 4 is 21.6 Å². The molecule has 1 aromatic carbocycles. The standard InChI is InChI=1S/C13H16N4O3S/c1-9-4-5-11(6-12(9)21(19,20)17(2)3)16-13(18)10-7-14-15-8-10/h4-8H,1-3H3,(H,14,15)(H,16,18). The molecule has 0 bridgehead atoms. The number of amides is 1. The zero-order chi connectivity index (χ0) is 15.6. The molecule has 2 rings (SSSR count). The summed E-state index contributed by atoms with van der Waals surface area (Å²) in [5, 5.41) is 8.87. The first-order chi connectivity index (χ1) is 9.82. The quantitative estimate of drug-likeness (QED) is 0.888. The van der Waals surface area contributed by atoms with Crippen molar-refractivity contribution in [1.82, 2.24) is 14.5 Å². The number of hydrogen-bond donors (Lipinski definition) is 2. The lowest BCUT2D eigenvalue weighted by molar-refractivity contribution is 0.102. The number of aromatic amines is 1. The fraction of sp³-hybridized carbons (Fsp3) is 0.231. The van der Waals surface area contributed by atoms with Gasteiger partial charge in [0.1, 0.15) is 0 Å². The van der Waals surface area contributed by atoms with E-state index in [0.29, 0.717) is 16.8 Å². The Kier molecular flexibility index (Phi) is 4.10. The largest absolute Gasteiger partial charge is 0.322 e. The van der Waals surface area contributed by atoms with E-state index in [0.717, 1.165) is 4.31 Å². The number of aromatic nitrogens is 2. The molecule has 7 nitrogen and oxygen atoms in total. The fourth-order valence-electron chi connectivity index (χ4n) is 1.73. The maximum atomic E-state index is 12.2. The lowest BCUT2D eigenvalue weighted by Crippen LogP contribution is -2.23. The van der Waals surface area contributed by atoms with Gasteiger partial charge < -0.3 is 5.32 Å². The minimum absolute atomic E-state index is 0.164. The third-order valence-corrected chi connectivity index (χ3v) is 4.92. The van der Waals surface area contributed by atoms with Crippen molar-refractivity contribution in [3.63, 3.8) is 0 Å². The zero-order valence-electron chi connectivity index (χ0n) is 11.9. The van der Waals surface area contributed by atoms with E-state index < -0.39 is 10.0 Å². The summed E-state index contributed by atoms with van der Waals surface area (Å²) in [7, 11) is -0.629. The lowest BCUT2D eigenvalue weighted by atomic mass is 10.2. The van der Waals surface area contributed by atoms with Crippen LogP contribution in [0.4, 0.5) is 5.69 Å². The van der Waals surface area contributed by atoms with Crippen LogP contribution in [0.25, 0.3) is 0 Å². The number of carbonyl (C=O) groups excluding carboxylic acids is 1. The first kappa shape index (κ1) is 15.2. The van der Waals surface area contributed by atoms with Gasteiger partial charge in [0.25, 0.3) is 5.91 Å². The van der Waals surface area contributed by atoms with Crippen LogP contribution in [0, 0.1) is 6.92 Å². The van der Waals surface area contributed by atoms with E-state index in [4.69, 9.17) is 0 Å². The van der Waals surface area contributed by atoms with E-state index >= 15 is 0 Å². The van der Waals surface area contributed by atoms with Crippen molar-refractivity contribution in [1.29, 1.82) is 0 Å². The first-order valence-corrected chi connectivity index (χ1v) is 7.59. The molecule has 2 aromatic rings. The Bertz CT molecular complexity index is 752. The molecule has 0 saturated carbocycles. The summed E-state index contributed by atoms with van der Waals surface area (Å²) in [4.78, 5) is 12.1. The van der Waals surface area contributed by atoms with Crippen molar-refractivity contribution in [2.45, 2.75) is 11.8 Å². The molecule has 1 heterocycles. The van der Waals surface area contributed by atoms with Gasteiger partial charge in [0, 0.05) is 26.0 Å². The number of benzene rings is 1. The second-order valence-corrected chi connectivity index (χ2v) is 6.83. The predicted octanol–water partition coefficient (Wildman–Crippen LogP) is 1.22. The van der Waals surface area contributed by atoms with E-state index in [2.05, 4.69) is 15.5 Å². The second kappa shape index (κ2) is 5.66. The van der Waals surface area contributed by atoms with Gasteiger partial charge in [-0.3, -0.25) is 9.89 Å². The van der Waals surface area contributed by atoms with Crippen molar-refractivity contribution in [2.24, 2.45) is 0 Å². The number of carbonyl (C=O) groups is 1. The van der Waals surface area contributed by atoms with Crippen LogP contribution in [-0.2, 0) is 10.0 Å². The number of nitrogens with one attached hydrogen (secondary N) is 2. The molecular formula is C13H16N4O3S. The zero-order valence-corrected chi connectivity index (χ0v) is 12.7. The van der Waals surface area contributed by atoms with Crippen LogP contribution in [0.3, 0.4) is 0 Å². The topological polar surface area (TPSA) is 95.2 Å². The second-order valence-electron chi connectivity index (χ2n) is 4.71. The molecule has 0 aliphatic rings. The summed E-state index contributed by atoms with van der Waals surface area (Å²) in [6.07, 6.45) is 2.85. The Morgan fingerprint density at radius 3 is 2.62 bits per heavy atom. The van der Waals surface area contributed by atoms with Crippen molar-refractivity contribution in [3.05, 3.63) is 41.7 Å². The van der Waals surface area contributed by atoms with Crippen molar-refractivity contribution in [2.75, 3.05) is 19.4 Å². The van der Waals surface area contributed by atoms with Crippen molar-refractivity contribution in [3.8, 4) is 0 Å². The van der Waals surface area contributed by atoms with E-state index in [9.17, 15) is 13.2 Å². The van der Waals surface area contributed by atoms with E-state index in [1.54, 1.807) is 19.1 Å². The number of H-pyrrole nitrogens is 1. The number of rotatable bonds is 4. The van der Waals surface area contributed by atoms with E-state index in [1.165, 1.54) is 32.6 Å². The monoisotopic (exact) mass is 308 g/mol. The molecule has 2 N–H and O–H groups in total. The molecule has 0 spiro atoms. The maximum Gasteiger partial charge on any atom is 0.258 e. The Morgan fingerprint density at radius 2 is 2.05 bits per heavy atom. The van der Waals surface area contributed by atoms with Crippen LogP contribution in [0.2, 0.25) is 0 Å². The average Bonchev–Trinajstić information content (AvgIpc) is 2.94. The fourth-order valence-corrected chi connectivity index (χ4v) is 2.87.